The summed E-state index contributed by atoms with van der Waals surface area (Å²) in [4.78, 5) is 0.356. The summed E-state index contributed by atoms with van der Waals surface area (Å²) in [5.74, 6) is 0.101. The maximum atomic E-state index is 12.3. The van der Waals surface area contributed by atoms with Gasteiger partial charge < -0.3 is 5.32 Å². The summed E-state index contributed by atoms with van der Waals surface area (Å²) in [6.07, 6.45) is 0. The van der Waals surface area contributed by atoms with Gasteiger partial charge in [-0.25, -0.2) is 8.42 Å². The Labute approximate surface area is 144 Å². The lowest BCUT2D eigenvalue weighted by Gasteiger charge is -2.12. The first-order valence-corrected chi connectivity index (χ1v) is 9.78. The highest BCUT2D eigenvalue weighted by Gasteiger charge is 2.17. The highest BCUT2D eigenvalue weighted by molar-refractivity contribution is 9.10. The van der Waals surface area contributed by atoms with Crippen LogP contribution in [0.4, 0.5) is 0 Å². The third kappa shape index (κ3) is 4.56. The number of sulfone groups is 1. The van der Waals surface area contributed by atoms with Crippen LogP contribution in [0.3, 0.4) is 0 Å². The van der Waals surface area contributed by atoms with E-state index < -0.39 is 9.84 Å². The van der Waals surface area contributed by atoms with Gasteiger partial charge >= 0.3 is 0 Å². The second-order valence-corrected chi connectivity index (χ2v) is 8.54. The predicted octanol–water partition coefficient (Wildman–Crippen LogP) is 3.20. The van der Waals surface area contributed by atoms with Crippen LogP contribution >= 0.6 is 27.5 Å². The molecule has 1 atom stereocenters. The minimum absolute atomic E-state index is 0.101. The monoisotopic (exact) mass is 402 g/mol. The summed E-state index contributed by atoms with van der Waals surface area (Å²) in [6.45, 7) is 2.51. The molecule has 0 fully saturated rings. The normalized spacial score (nSPS) is 13.0. The van der Waals surface area contributed by atoms with Crippen LogP contribution in [0.2, 0.25) is 5.02 Å². The third-order valence-electron chi connectivity index (χ3n) is 3.48. The molecule has 0 unspecified atom stereocenters. The minimum Gasteiger partial charge on any atom is -0.339 e. The Morgan fingerprint density at radius 1 is 1.14 bits per heavy atom. The maximum absolute atomic E-state index is 12.3. The lowest BCUT2D eigenvalue weighted by atomic mass is 10.1. The molecule has 118 valence electrons. The number of quaternary nitrogens is 1. The summed E-state index contributed by atoms with van der Waals surface area (Å²) < 4.78 is 25.4. The number of hydrogen-bond donors (Lipinski definition) is 1. The van der Waals surface area contributed by atoms with Gasteiger partial charge in [-0.15, -0.1) is 0 Å². The Bertz CT molecular complexity index is 732. The van der Waals surface area contributed by atoms with E-state index >= 15 is 0 Å². The summed E-state index contributed by atoms with van der Waals surface area (Å²) in [5.41, 5.74) is 1.02. The number of rotatable bonds is 6. The van der Waals surface area contributed by atoms with Crippen LogP contribution in [0.5, 0.6) is 0 Å². The van der Waals surface area contributed by atoms with Gasteiger partial charge in [0.2, 0.25) is 0 Å². The second kappa shape index (κ2) is 7.59. The van der Waals surface area contributed by atoms with Crippen molar-refractivity contribution in [2.24, 2.45) is 0 Å². The van der Waals surface area contributed by atoms with Crippen molar-refractivity contribution in [2.45, 2.75) is 17.9 Å². The summed E-state index contributed by atoms with van der Waals surface area (Å²) in [6, 6.07) is 14.5. The van der Waals surface area contributed by atoms with Crippen molar-refractivity contribution >= 4 is 37.4 Å². The molecule has 3 nitrogen and oxygen atoms in total. The smallest absolute Gasteiger partial charge is 0.183 e. The van der Waals surface area contributed by atoms with E-state index in [2.05, 4.69) is 15.9 Å². The molecule has 2 aromatic carbocycles. The molecule has 2 N–H and O–H groups in total. The summed E-state index contributed by atoms with van der Waals surface area (Å²) >= 11 is 9.46. The number of benzene rings is 2. The SMILES string of the molecule is C[C@@H]([NH2+]CCS(=O)(=O)c1ccc(Br)cc1)c1ccccc1Cl. The molecule has 0 spiro atoms. The molecule has 0 radical (unpaired) electrons. The quantitative estimate of drug-likeness (QED) is 0.805. The molecule has 0 aliphatic carbocycles. The van der Waals surface area contributed by atoms with Gasteiger partial charge in [0.25, 0.3) is 0 Å². The van der Waals surface area contributed by atoms with Crippen LogP contribution in [-0.2, 0) is 9.84 Å². The number of hydrogen-bond acceptors (Lipinski definition) is 2. The Kier molecular flexibility index (Phi) is 6.03. The first kappa shape index (κ1) is 17.5. The molecule has 2 aromatic rings. The lowest BCUT2D eigenvalue weighted by molar-refractivity contribution is -0.689. The zero-order chi connectivity index (χ0) is 16.2. The molecule has 0 heterocycles. The third-order valence-corrected chi connectivity index (χ3v) is 6.11. The van der Waals surface area contributed by atoms with Crippen molar-refractivity contribution in [1.29, 1.82) is 0 Å². The molecule has 0 saturated heterocycles. The predicted molar refractivity (Wildman–Crippen MR) is 92.9 cm³/mol. The topological polar surface area (TPSA) is 50.8 Å². The first-order valence-electron chi connectivity index (χ1n) is 6.96. The van der Waals surface area contributed by atoms with Gasteiger partial charge in [-0.3, -0.25) is 0 Å². The van der Waals surface area contributed by atoms with Crippen molar-refractivity contribution in [1.82, 2.24) is 0 Å². The molecule has 0 saturated carbocycles. The van der Waals surface area contributed by atoms with Gasteiger partial charge in [0.05, 0.1) is 11.4 Å². The fourth-order valence-electron chi connectivity index (χ4n) is 2.20. The molecule has 0 aliphatic rings. The van der Waals surface area contributed by atoms with Gasteiger partial charge in [-0.05, 0) is 37.3 Å². The molecule has 22 heavy (non-hydrogen) atoms. The van der Waals surface area contributed by atoms with E-state index in [9.17, 15) is 8.42 Å². The van der Waals surface area contributed by atoms with Gasteiger partial charge in [0.1, 0.15) is 11.8 Å². The van der Waals surface area contributed by atoms with E-state index in [1.165, 1.54) is 0 Å². The zero-order valence-electron chi connectivity index (χ0n) is 12.2. The van der Waals surface area contributed by atoms with E-state index in [0.717, 1.165) is 10.0 Å². The first-order chi connectivity index (χ1) is 10.4. The average molecular weight is 404 g/mol. The fourth-order valence-corrected chi connectivity index (χ4v) is 4.01. The second-order valence-electron chi connectivity index (χ2n) is 5.11. The Balaban J connectivity index is 1.95. The van der Waals surface area contributed by atoms with Crippen LogP contribution in [0.1, 0.15) is 18.5 Å². The molecule has 0 bridgehead atoms. The average Bonchev–Trinajstić information content (AvgIpc) is 2.48. The van der Waals surface area contributed by atoms with Gasteiger partial charge in [-0.2, -0.15) is 0 Å². The number of nitrogens with two attached hydrogens (primary N) is 1. The van der Waals surface area contributed by atoms with Crippen LogP contribution in [0.15, 0.2) is 57.9 Å². The molecule has 0 aliphatic heterocycles. The van der Waals surface area contributed by atoms with Crippen LogP contribution in [0.25, 0.3) is 0 Å². The van der Waals surface area contributed by atoms with Crippen molar-refractivity contribution in [3.63, 3.8) is 0 Å². The number of halogens is 2. The summed E-state index contributed by atoms with van der Waals surface area (Å²) in [5, 5.41) is 2.71. The van der Waals surface area contributed by atoms with Crippen molar-refractivity contribution in [2.75, 3.05) is 12.3 Å². The lowest BCUT2D eigenvalue weighted by Crippen LogP contribution is -2.85. The van der Waals surface area contributed by atoms with Crippen molar-refractivity contribution < 1.29 is 13.7 Å². The molecule has 2 rings (SSSR count). The van der Waals surface area contributed by atoms with E-state index in [4.69, 9.17) is 11.6 Å². The van der Waals surface area contributed by atoms with E-state index in [1.54, 1.807) is 24.3 Å². The van der Waals surface area contributed by atoms with E-state index in [0.29, 0.717) is 16.5 Å². The maximum Gasteiger partial charge on any atom is 0.183 e. The summed E-state index contributed by atoms with van der Waals surface area (Å²) in [7, 11) is -3.25. The van der Waals surface area contributed by atoms with Gasteiger partial charge in [0.15, 0.2) is 9.84 Å². The van der Waals surface area contributed by atoms with Crippen LogP contribution in [-0.4, -0.2) is 20.7 Å². The largest absolute Gasteiger partial charge is 0.339 e. The van der Waals surface area contributed by atoms with Gasteiger partial charge in [-0.1, -0.05) is 45.7 Å². The van der Waals surface area contributed by atoms with E-state index in [-0.39, 0.29) is 11.8 Å². The highest BCUT2D eigenvalue weighted by atomic mass is 79.9. The zero-order valence-corrected chi connectivity index (χ0v) is 15.3. The van der Waals surface area contributed by atoms with Crippen molar-refractivity contribution in [3.8, 4) is 0 Å². The Hall–Kier alpha value is -0.880. The fraction of sp³-hybridized carbons (Fsp3) is 0.250. The molecule has 6 heteroatoms. The minimum atomic E-state index is -3.25. The van der Waals surface area contributed by atoms with Crippen LogP contribution < -0.4 is 5.32 Å². The van der Waals surface area contributed by atoms with Gasteiger partial charge in [0, 0.05) is 15.1 Å². The van der Waals surface area contributed by atoms with Crippen molar-refractivity contribution in [3.05, 3.63) is 63.6 Å². The molecule has 0 aromatic heterocycles. The Morgan fingerprint density at radius 3 is 2.41 bits per heavy atom. The van der Waals surface area contributed by atoms with Crippen LogP contribution in [0, 0.1) is 0 Å². The highest BCUT2D eigenvalue weighted by Crippen LogP contribution is 2.19. The Morgan fingerprint density at radius 2 is 1.77 bits per heavy atom. The molecular formula is C16H18BrClNO2S+. The molecular weight excluding hydrogens is 386 g/mol. The molecule has 0 amide bonds. The standard InChI is InChI=1S/C16H17BrClNO2S/c1-12(15-4-2-3-5-16(15)18)19-10-11-22(20,21)14-8-6-13(17)7-9-14/h2-9,12,19H,10-11H2,1H3/p+1/t12-/m1/s1. The van der Waals surface area contributed by atoms with E-state index in [1.807, 2.05) is 36.5 Å².